The summed E-state index contributed by atoms with van der Waals surface area (Å²) in [5.41, 5.74) is 0. The first-order valence-corrected chi connectivity index (χ1v) is 7.36. The Balaban J connectivity index is 2.13. The lowest BCUT2D eigenvalue weighted by molar-refractivity contribution is 0.122. The van der Waals surface area contributed by atoms with Crippen molar-refractivity contribution in [1.82, 2.24) is 4.90 Å². The van der Waals surface area contributed by atoms with Gasteiger partial charge in [0, 0.05) is 12.6 Å². The molecule has 1 aliphatic carbocycles. The van der Waals surface area contributed by atoms with E-state index in [0.29, 0.717) is 6.04 Å². The van der Waals surface area contributed by atoms with Crippen molar-refractivity contribution < 1.29 is 0 Å². The smallest absolute Gasteiger partial charge is 0.208 e. The molecule has 0 radical (unpaired) electrons. The van der Waals surface area contributed by atoms with Gasteiger partial charge in [-0.3, -0.25) is 0 Å². The molecule has 2 atom stereocenters. The number of nitrogens with zero attached hydrogens (tertiary/aromatic N) is 3. The van der Waals surface area contributed by atoms with E-state index in [-0.39, 0.29) is 0 Å². The van der Waals surface area contributed by atoms with Crippen molar-refractivity contribution in [3.63, 3.8) is 0 Å². The summed E-state index contributed by atoms with van der Waals surface area (Å²) in [5.74, 6) is 0.846. The van der Waals surface area contributed by atoms with Gasteiger partial charge in [-0.25, -0.2) is 0 Å². The van der Waals surface area contributed by atoms with Crippen LogP contribution in [0.3, 0.4) is 0 Å². The highest BCUT2D eigenvalue weighted by atomic mass is 32.2. The van der Waals surface area contributed by atoms with Crippen LogP contribution in [0.1, 0.15) is 38.5 Å². The predicted molar refractivity (Wildman–Crippen MR) is 68.2 cm³/mol. The average Bonchev–Trinajstić information content (AvgIpc) is 2.35. The van der Waals surface area contributed by atoms with E-state index in [1.165, 1.54) is 38.5 Å². The van der Waals surface area contributed by atoms with Gasteiger partial charge in [0.25, 0.3) is 0 Å². The number of thioether (sulfide) groups is 1. The van der Waals surface area contributed by atoms with E-state index in [4.69, 9.17) is 5.26 Å². The summed E-state index contributed by atoms with van der Waals surface area (Å²) in [6.45, 7) is 1.09. The molecule has 1 saturated carbocycles. The zero-order valence-electron chi connectivity index (χ0n) is 9.85. The number of nitriles is 1. The SMILES string of the molecule is CSC(=NC#N)N1CCCC2CCCCC21. The van der Waals surface area contributed by atoms with Gasteiger partial charge >= 0.3 is 0 Å². The predicted octanol–water partition coefficient (Wildman–Crippen LogP) is 2.84. The molecule has 1 aliphatic heterocycles. The summed E-state index contributed by atoms with van der Waals surface area (Å²) in [4.78, 5) is 6.36. The Kier molecular flexibility index (Phi) is 4.11. The van der Waals surface area contributed by atoms with Crippen LogP contribution in [0.4, 0.5) is 0 Å². The number of piperidine rings is 1. The Labute approximate surface area is 102 Å². The second kappa shape index (κ2) is 5.58. The first kappa shape index (κ1) is 11.8. The number of amidine groups is 1. The van der Waals surface area contributed by atoms with Crippen LogP contribution in [0.5, 0.6) is 0 Å². The van der Waals surface area contributed by atoms with Gasteiger partial charge in [-0.1, -0.05) is 24.6 Å². The number of fused-ring (bicyclic) bond motifs is 1. The first-order chi connectivity index (χ1) is 7.86. The molecular weight excluding hydrogens is 218 g/mol. The quantitative estimate of drug-likeness (QED) is 0.369. The topological polar surface area (TPSA) is 39.4 Å². The number of hydrogen-bond acceptors (Lipinski definition) is 3. The Morgan fingerprint density at radius 1 is 1.31 bits per heavy atom. The van der Waals surface area contributed by atoms with Gasteiger partial charge in [-0.15, -0.1) is 4.99 Å². The van der Waals surface area contributed by atoms with Gasteiger partial charge in [0.05, 0.1) is 0 Å². The standard InChI is InChI=1S/C12H19N3S/c1-16-12(14-9-13)15-8-4-6-10-5-2-3-7-11(10)15/h10-11H,2-8H2,1H3. The maximum absolute atomic E-state index is 8.72. The van der Waals surface area contributed by atoms with E-state index >= 15 is 0 Å². The van der Waals surface area contributed by atoms with Gasteiger partial charge in [0.1, 0.15) is 0 Å². The zero-order chi connectivity index (χ0) is 11.4. The molecule has 1 saturated heterocycles. The maximum Gasteiger partial charge on any atom is 0.208 e. The molecule has 2 aliphatic rings. The second-order valence-corrected chi connectivity index (χ2v) is 5.42. The van der Waals surface area contributed by atoms with Crippen LogP contribution in [-0.4, -0.2) is 28.9 Å². The average molecular weight is 237 g/mol. The van der Waals surface area contributed by atoms with Crippen LogP contribution in [0.15, 0.2) is 4.99 Å². The van der Waals surface area contributed by atoms with Crippen molar-refractivity contribution >= 4 is 16.9 Å². The van der Waals surface area contributed by atoms with Gasteiger partial charge in [0.15, 0.2) is 5.17 Å². The fourth-order valence-corrected chi connectivity index (χ4v) is 3.73. The van der Waals surface area contributed by atoms with Crippen LogP contribution in [-0.2, 0) is 0 Å². The highest BCUT2D eigenvalue weighted by Gasteiger charge is 2.34. The van der Waals surface area contributed by atoms with Crippen molar-refractivity contribution in [1.29, 1.82) is 5.26 Å². The maximum atomic E-state index is 8.72. The van der Waals surface area contributed by atoms with Crippen molar-refractivity contribution in [3.05, 3.63) is 0 Å². The Morgan fingerprint density at radius 3 is 2.81 bits per heavy atom. The summed E-state index contributed by atoms with van der Waals surface area (Å²) in [7, 11) is 0. The molecule has 3 nitrogen and oxygen atoms in total. The molecule has 16 heavy (non-hydrogen) atoms. The molecule has 0 aromatic carbocycles. The van der Waals surface area contributed by atoms with Crippen LogP contribution < -0.4 is 0 Å². The van der Waals surface area contributed by atoms with E-state index in [1.807, 2.05) is 12.4 Å². The molecule has 88 valence electrons. The van der Waals surface area contributed by atoms with Crippen LogP contribution in [0.25, 0.3) is 0 Å². The molecule has 0 amide bonds. The fraction of sp³-hybridized carbons (Fsp3) is 0.833. The Morgan fingerprint density at radius 2 is 2.06 bits per heavy atom. The van der Waals surface area contributed by atoms with Gasteiger partial charge in [-0.05, 0) is 37.9 Å². The lowest BCUT2D eigenvalue weighted by atomic mass is 9.78. The highest BCUT2D eigenvalue weighted by molar-refractivity contribution is 8.13. The fourth-order valence-electron chi connectivity index (χ4n) is 3.13. The van der Waals surface area contributed by atoms with Crippen LogP contribution in [0.2, 0.25) is 0 Å². The van der Waals surface area contributed by atoms with Crippen LogP contribution in [0, 0.1) is 17.4 Å². The third-order valence-corrected chi connectivity index (χ3v) is 4.51. The molecule has 2 fully saturated rings. The lowest BCUT2D eigenvalue weighted by Gasteiger charge is -2.45. The number of aliphatic imine (C=N–C) groups is 1. The minimum absolute atomic E-state index is 0.655. The summed E-state index contributed by atoms with van der Waals surface area (Å²) in [6.07, 6.45) is 12.0. The number of rotatable bonds is 0. The molecule has 0 bridgehead atoms. The molecule has 0 aromatic heterocycles. The van der Waals surface area contributed by atoms with Crippen molar-refractivity contribution in [2.24, 2.45) is 10.9 Å². The minimum Gasteiger partial charge on any atom is -0.347 e. The molecule has 0 spiro atoms. The second-order valence-electron chi connectivity index (χ2n) is 4.65. The molecule has 0 aromatic rings. The summed E-state index contributed by atoms with van der Waals surface area (Å²) in [5, 5.41) is 9.65. The van der Waals surface area contributed by atoms with Crippen molar-refractivity contribution in [2.45, 2.75) is 44.6 Å². The number of hydrogen-bond donors (Lipinski definition) is 0. The summed E-state index contributed by atoms with van der Waals surface area (Å²) >= 11 is 1.61. The largest absolute Gasteiger partial charge is 0.347 e. The van der Waals surface area contributed by atoms with E-state index in [9.17, 15) is 0 Å². The summed E-state index contributed by atoms with van der Waals surface area (Å²) in [6, 6.07) is 0.655. The molecule has 2 rings (SSSR count). The first-order valence-electron chi connectivity index (χ1n) is 6.14. The molecular formula is C12H19N3S. The Hall–Kier alpha value is -0.690. The van der Waals surface area contributed by atoms with E-state index < -0.39 is 0 Å². The van der Waals surface area contributed by atoms with Crippen molar-refractivity contribution in [3.8, 4) is 6.19 Å². The lowest BCUT2D eigenvalue weighted by Crippen LogP contribution is -2.48. The van der Waals surface area contributed by atoms with E-state index in [0.717, 1.165) is 17.6 Å². The molecule has 2 unspecified atom stereocenters. The highest BCUT2D eigenvalue weighted by Crippen LogP contribution is 2.36. The van der Waals surface area contributed by atoms with Crippen LogP contribution >= 0.6 is 11.8 Å². The van der Waals surface area contributed by atoms with E-state index in [1.54, 1.807) is 11.8 Å². The van der Waals surface area contributed by atoms with Crippen molar-refractivity contribution in [2.75, 3.05) is 12.8 Å². The molecule has 0 N–H and O–H groups in total. The van der Waals surface area contributed by atoms with Gasteiger partial charge < -0.3 is 4.90 Å². The normalized spacial score (nSPS) is 30.8. The van der Waals surface area contributed by atoms with Gasteiger partial charge in [0.2, 0.25) is 6.19 Å². The monoisotopic (exact) mass is 237 g/mol. The number of likely N-dealkylation sites (tertiary alicyclic amines) is 1. The molecule has 1 heterocycles. The third kappa shape index (κ3) is 2.35. The Bertz CT molecular complexity index is 306. The minimum atomic E-state index is 0.655. The molecule has 4 heteroatoms. The third-order valence-electron chi connectivity index (χ3n) is 3.82. The zero-order valence-corrected chi connectivity index (χ0v) is 10.7. The summed E-state index contributed by atoms with van der Waals surface area (Å²) < 4.78 is 0. The van der Waals surface area contributed by atoms with Gasteiger partial charge in [-0.2, -0.15) is 5.26 Å². The van der Waals surface area contributed by atoms with E-state index in [2.05, 4.69) is 9.89 Å².